The van der Waals surface area contributed by atoms with Crippen LogP contribution in [0.15, 0.2) is 24.3 Å². The number of carboxylic acid groups (broad SMARTS) is 1. The van der Waals surface area contributed by atoms with Crippen LogP contribution in [-0.4, -0.2) is 22.8 Å². The molecular formula is C11H9F3O3. The van der Waals surface area contributed by atoms with Crippen LogP contribution >= 0.6 is 0 Å². The summed E-state index contributed by atoms with van der Waals surface area (Å²) in [6.45, 7) is -0.319. The predicted octanol–water partition coefficient (Wildman–Crippen LogP) is 2.41. The third-order valence-electron chi connectivity index (χ3n) is 2.01. The van der Waals surface area contributed by atoms with Crippen molar-refractivity contribution >= 4 is 12.0 Å². The summed E-state index contributed by atoms with van der Waals surface area (Å²) in [4.78, 5) is 10.8. The van der Waals surface area contributed by atoms with Crippen molar-refractivity contribution in [1.29, 1.82) is 0 Å². The Morgan fingerprint density at radius 3 is 2.47 bits per heavy atom. The predicted molar refractivity (Wildman–Crippen MR) is 54.5 cm³/mol. The van der Waals surface area contributed by atoms with E-state index < -0.39 is 23.3 Å². The second kappa shape index (κ2) is 5.01. The Morgan fingerprint density at radius 1 is 1.35 bits per heavy atom. The number of aliphatic hydroxyl groups excluding tert-OH is 1. The maximum absolute atomic E-state index is 12.4. The molecule has 2 N–H and O–H groups in total. The Balaban J connectivity index is 3.27. The van der Waals surface area contributed by atoms with E-state index in [2.05, 4.69) is 0 Å². The number of hydrogen-bond acceptors (Lipinski definition) is 2. The number of halogens is 3. The molecule has 0 bridgehead atoms. The normalized spacial score (nSPS) is 12.0. The molecule has 17 heavy (non-hydrogen) atoms. The van der Waals surface area contributed by atoms with E-state index in [0.29, 0.717) is 6.07 Å². The number of carbonyl (C=O) groups is 1. The lowest BCUT2D eigenvalue weighted by molar-refractivity contribution is -0.137. The summed E-state index contributed by atoms with van der Waals surface area (Å²) in [5.41, 5.74) is -1.36. The molecule has 1 rings (SSSR count). The average molecular weight is 246 g/mol. The largest absolute Gasteiger partial charge is 0.478 e. The molecule has 0 saturated carbocycles. The number of alkyl halides is 3. The number of aromatic carboxylic acids is 1. The minimum Gasteiger partial charge on any atom is -0.478 e. The number of aliphatic hydroxyl groups is 1. The van der Waals surface area contributed by atoms with Gasteiger partial charge in [-0.3, -0.25) is 0 Å². The van der Waals surface area contributed by atoms with E-state index in [1.807, 2.05) is 0 Å². The fraction of sp³-hybridized carbons (Fsp3) is 0.182. The van der Waals surface area contributed by atoms with Gasteiger partial charge in [-0.2, -0.15) is 13.2 Å². The van der Waals surface area contributed by atoms with Crippen molar-refractivity contribution in [3.05, 3.63) is 41.0 Å². The van der Waals surface area contributed by atoms with Gasteiger partial charge >= 0.3 is 12.1 Å². The van der Waals surface area contributed by atoms with Crippen LogP contribution in [0.4, 0.5) is 13.2 Å². The van der Waals surface area contributed by atoms with Gasteiger partial charge in [0, 0.05) is 0 Å². The first-order valence-electron chi connectivity index (χ1n) is 4.58. The SMILES string of the molecule is O=C(O)c1cc(C(F)(F)F)ccc1C=CCO. The van der Waals surface area contributed by atoms with Gasteiger partial charge < -0.3 is 10.2 Å². The fourth-order valence-corrected chi connectivity index (χ4v) is 1.24. The van der Waals surface area contributed by atoms with Crippen molar-refractivity contribution in [3.63, 3.8) is 0 Å². The van der Waals surface area contributed by atoms with Gasteiger partial charge in [0.05, 0.1) is 17.7 Å². The van der Waals surface area contributed by atoms with Crippen LogP contribution in [0.2, 0.25) is 0 Å². The van der Waals surface area contributed by atoms with Gasteiger partial charge in [-0.05, 0) is 17.7 Å². The highest BCUT2D eigenvalue weighted by atomic mass is 19.4. The summed E-state index contributed by atoms with van der Waals surface area (Å²) >= 11 is 0. The smallest absolute Gasteiger partial charge is 0.416 e. The average Bonchev–Trinajstić information content (AvgIpc) is 2.24. The first kappa shape index (κ1) is 13.2. The Kier molecular flexibility index (Phi) is 3.90. The number of carboxylic acids is 1. The highest BCUT2D eigenvalue weighted by Crippen LogP contribution is 2.30. The summed E-state index contributed by atoms with van der Waals surface area (Å²) in [5, 5.41) is 17.3. The first-order valence-corrected chi connectivity index (χ1v) is 4.58. The molecule has 0 heterocycles. The minimum atomic E-state index is -4.58. The molecule has 0 aromatic heterocycles. The van der Waals surface area contributed by atoms with Crippen molar-refractivity contribution < 1.29 is 28.2 Å². The van der Waals surface area contributed by atoms with Gasteiger partial charge in [-0.25, -0.2) is 4.79 Å². The molecule has 1 aromatic carbocycles. The maximum atomic E-state index is 12.4. The van der Waals surface area contributed by atoms with Crippen LogP contribution in [0, 0.1) is 0 Å². The minimum absolute atomic E-state index is 0.111. The lowest BCUT2D eigenvalue weighted by atomic mass is 10.0. The van der Waals surface area contributed by atoms with E-state index in [9.17, 15) is 18.0 Å². The standard InChI is InChI=1S/C11H9F3O3/c12-11(13,14)8-4-3-7(2-1-5-15)9(6-8)10(16)17/h1-4,6,15H,5H2,(H,16,17). The zero-order chi connectivity index (χ0) is 13.1. The lowest BCUT2D eigenvalue weighted by Gasteiger charge is -2.09. The van der Waals surface area contributed by atoms with Gasteiger partial charge in [-0.15, -0.1) is 0 Å². The van der Waals surface area contributed by atoms with Crippen LogP contribution in [0.1, 0.15) is 21.5 Å². The zero-order valence-electron chi connectivity index (χ0n) is 8.53. The van der Waals surface area contributed by atoms with E-state index in [4.69, 9.17) is 10.2 Å². The van der Waals surface area contributed by atoms with Crippen LogP contribution < -0.4 is 0 Å². The molecule has 0 aliphatic rings. The Morgan fingerprint density at radius 2 is 2.00 bits per heavy atom. The van der Waals surface area contributed by atoms with Crippen LogP contribution in [0.3, 0.4) is 0 Å². The Bertz CT molecular complexity index is 450. The van der Waals surface area contributed by atoms with E-state index in [-0.39, 0.29) is 12.2 Å². The zero-order valence-corrected chi connectivity index (χ0v) is 8.53. The quantitative estimate of drug-likeness (QED) is 0.861. The number of hydrogen-bond donors (Lipinski definition) is 2. The summed E-state index contributed by atoms with van der Waals surface area (Å²) in [7, 11) is 0. The van der Waals surface area contributed by atoms with Crippen molar-refractivity contribution in [3.8, 4) is 0 Å². The van der Waals surface area contributed by atoms with Crippen molar-refractivity contribution in [2.75, 3.05) is 6.61 Å². The third-order valence-corrected chi connectivity index (χ3v) is 2.01. The molecule has 0 saturated heterocycles. The molecule has 1 aromatic rings. The molecule has 6 heteroatoms. The molecule has 0 unspecified atom stereocenters. The van der Waals surface area contributed by atoms with E-state index in [0.717, 1.165) is 12.1 Å². The molecule has 0 aliphatic heterocycles. The molecule has 3 nitrogen and oxygen atoms in total. The topological polar surface area (TPSA) is 57.5 Å². The lowest BCUT2D eigenvalue weighted by Crippen LogP contribution is -2.08. The summed E-state index contributed by atoms with van der Waals surface area (Å²) in [6.07, 6.45) is -2.08. The van der Waals surface area contributed by atoms with Crippen LogP contribution in [-0.2, 0) is 6.18 Å². The second-order valence-corrected chi connectivity index (χ2v) is 3.19. The monoisotopic (exact) mass is 246 g/mol. The summed E-state index contributed by atoms with van der Waals surface area (Å²) in [6, 6.07) is 2.42. The molecular weight excluding hydrogens is 237 g/mol. The highest BCUT2D eigenvalue weighted by molar-refractivity contribution is 5.92. The second-order valence-electron chi connectivity index (χ2n) is 3.19. The number of benzene rings is 1. The van der Waals surface area contributed by atoms with E-state index >= 15 is 0 Å². The van der Waals surface area contributed by atoms with Gasteiger partial charge in [0.15, 0.2) is 0 Å². The van der Waals surface area contributed by atoms with Gasteiger partial charge in [-0.1, -0.05) is 18.2 Å². The summed E-state index contributed by atoms with van der Waals surface area (Å²) < 4.78 is 37.1. The van der Waals surface area contributed by atoms with Gasteiger partial charge in [0.2, 0.25) is 0 Å². The highest BCUT2D eigenvalue weighted by Gasteiger charge is 2.31. The van der Waals surface area contributed by atoms with Crippen molar-refractivity contribution in [2.45, 2.75) is 6.18 Å². The molecule has 0 aliphatic carbocycles. The third kappa shape index (κ3) is 3.32. The van der Waals surface area contributed by atoms with Crippen LogP contribution in [0.5, 0.6) is 0 Å². The Labute approximate surface area is 94.8 Å². The fourth-order valence-electron chi connectivity index (χ4n) is 1.24. The molecule has 92 valence electrons. The van der Waals surface area contributed by atoms with E-state index in [1.54, 1.807) is 0 Å². The van der Waals surface area contributed by atoms with Crippen LogP contribution in [0.25, 0.3) is 6.08 Å². The van der Waals surface area contributed by atoms with Gasteiger partial charge in [0.1, 0.15) is 0 Å². The van der Waals surface area contributed by atoms with Crippen molar-refractivity contribution in [1.82, 2.24) is 0 Å². The van der Waals surface area contributed by atoms with E-state index in [1.165, 1.54) is 12.2 Å². The molecule has 0 fully saturated rings. The molecule has 0 radical (unpaired) electrons. The first-order chi connectivity index (χ1) is 7.86. The molecule has 0 atom stereocenters. The number of rotatable bonds is 3. The maximum Gasteiger partial charge on any atom is 0.416 e. The van der Waals surface area contributed by atoms with Gasteiger partial charge in [0.25, 0.3) is 0 Å². The summed E-state index contributed by atoms with van der Waals surface area (Å²) in [5.74, 6) is -1.45. The molecule has 0 spiro atoms. The Hall–Kier alpha value is -1.82. The van der Waals surface area contributed by atoms with Crippen molar-refractivity contribution in [2.24, 2.45) is 0 Å². The molecule has 0 amide bonds.